The lowest BCUT2D eigenvalue weighted by Crippen LogP contribution is -2.37. The number of carbonyl (C=O) groups excluding carboxylic acids is 2. The van der Waals surface area contributed by atoms with Gasteiger partial charge >= 0.3 is 5.97 Å². The molecule has 0 saturated heterocycles. The molecule has 1 amide bonds. The molecule has 0 radical (unpaired) electrons. The van der Waals surface area contributed by atoms with Gasteiger partial charge in [0, 0.05) is 6.07 Å². The molecule has 11 heteroatoms. The number of sulfonamides is 1. The third-order valence-corrected chi connectivity index (χ3v) is 5.54. The third kappa shape index (κ3) is 4.95. The van der Waals surface area contributed by atoms with Crippen LogP contribution >= 0.6 is 11.6 Å². The van der Waals surface area contributed by atoms with Crippen molar-refractivity contribution in [3.05, 3.63) is 47.0 Å². The van der Waals surface area contributed by atoms with Crippen LogP contribution in [0.3, 0.4) is 0 Å². The second kappa shape index (κ2) is 8.80. The van der Waals surface area contributed by atoms with Crippen molar-refractivity contribution in [2.45, 2.75) is 6.92 Å². The summed E-state index contributed by atoms with van der Waals surface area (Å²) in [7, 11) is -3.78. The fourth-order valence-corrected chi connectivity index (χ4v) is 3.79. The fraction of sp³-hybridized carbons (Fsp3) is 0.263. The Morgan fingerprint density at radius 1 is 1.17 bits per heavy atom. The summed E-state index contributed by atoms with van der Waals surface area (Å²) in [6.07, 6.45) is 0.992. The number of hydrogen-bond donors (Lipinski definition) is 1. The lowest BCUT2D eigenvalue weighted by atomic mass is 10.2. The summed E-state index contributed by atoms with van der Waals surface area (Å²) in [5.41, 5.74) is 0.715. The highest BCUT2D eigenvalue weighted by atomic mass is 35.5. The van der Waals surface area contributed by atoms with E-state index in [1.807, 2.05) is 0 Å². The summed E-state index contributed by atoms with van der Waals surface area (Å²) < 4.78 is 40.8. The van der Waals surface area contributed by atoms with E-state index in [0.717, 1.165) is 10.6 Å². The van der Waals surface area contributed by atoms with E-state index in [0.29, 0.717) is 11.5 Å². The standard InChI is InChI=1S/C19H19ClN2O7S/c1-3-27-19(24)12-4-6-15(14(20)8-12)21-18(23)10-22(30(2,25)26)13-5-7-16-17(9-13)29-11-28-16/h4-9H,3,10-11H2,1-2H3,(H,21,23). The highest BCUT2D eigenvalue weighted by molar-refractivity contribution is 7.92. The molecule has 1 N–H and O–H groups in total. The highest BCUT2D eigenvalue weighted by Gasteiger charge is 2.24. The van der Waals surface area contributed by atoms with E-state index in [9.17, 15) is 18.0 Å². The zero-order chi connectivity index (χ0) is 21.9. The van der Waals surface area contributed by atoms with Crippen LogP contribution in [0.2, 0.25) is 5.02 Å². The number of nitrogens with one attached hydrogen (secondary N) is 1. The van der Waals surface area contributed by atoms with Gasteiger partial charge in [-0.3, -0.25) is 9.10 Å². The van der Waals surface area contributed by atoms with Crippen LogP contribution in [0.5, 0.6) is 11.5 Å². The lowest BCUT2D eigenvalue weighted by molar-refractivity contribution is -0.114. The summed E-state index contributed by atoms with van der Waals surface area (Å²) in [6.45, 7) is 1.45. The van der Waals surface area contributed by atoms with Crippen LogP contribution < -0.4 is 19.1 Å². The van der Waals surface area contributed by atoms with E-state index in [1.165, 1.54) is 30.3 Å². The smallest absolute Gasteiger partial charge is 0.338 e. The second-order valence-electron chi connectivity index (χ2n) is 6.27. The average molecular weight is 455 g/mol. The van der Waals surface area contributed by atoms with Crippen LogP contribution in [0.15, 0.2) is 36.4 Å². The lowest BCUT2D eigenvalue weighted by Gasteiger charge is -2.22. The molecule has 9 nitrogen and oxygen atoms in total. The monoisotopic (exact) mass is 454 g/mol. The number of ether oxygens (including phenoxy) is 3. The molecule has 1 aliphatic rings. The van der Waals surface area contributed by atoms with E-state index in [-0.39, 0.29) is 35.4 Å². The number of halogens is 1. The predicted molar refractivity (Wildman–Crippen MR) is 111 cm³/mol. The van der Waals surface area contributed by atoms with E-state index in [4.69, 9.17) is 25.8 Å². The maximum atomic E-state index is 12.5. The van der Waals surface area contributed by atoms with Gasteiger partial charge in [-0.2, -0.15) is 0 Å². The van der Waals surface area contributed by atoms with Gasteiger partial charge in [-0.25, -0.2) is 13.2 Å². The zero-order valence-corrected chi connectivity index (χ0v) is 17.7. The number of anilines is 2. The Morgan fingerprint density at radius 3 is 2.57 bits per heavy atom. The molecule has 2 aromatic carbocycles. The first-order valence-electron chi connectivity index (χ1n) is 8.83. The first-order valence-corrected chi connectivity index (χ1v) is 11.1. The molecule has 0 aromatic heterocycles. The van der Waals surface area contributed by atoms with Gasteiger partial charge in [0.05, 0.1) is 34.8 Å². The number of benzene rings is 2. The number of amides is 1. The molecule has 0 atom stereocenters. The number of rotatable bonds is 7. The first-order chi connectivity index (χ1) is 14.2. The van der Waals surface area contributed by atoms with Crippen molar-refractivity contribution < 1.29 is 32.2 Å². The topological polar surface area (TPSA) is 111 Å². The Hall–Kier alpha value is -2.98. The van der Waals surface area contributed by atoms with Crippen molar-refractivity contribution in [2.24, 2.45) is 0 Å². The summed E-state index contributed by atoms with van der Waals surface area (Å²) in [5.74, 6) is -0.281. The van der Waals surface area contributed by atoms with Crippen molar-refractivity contribution in [1.82, 2.24) is 0 Å². The van der Waals surface area contributed by atoms with Crippen LogP contribution in [0, 0.1) is 0 Å². The normalized spacial score (nSPS) is 12.4. The van der Waals surface area contributed by atoms with Crippen LogP contribution in [-0.2, 0) is 19.6 Å². The Morgan fingerprint density at radius 2 is 1.90 bits per heavy atom. The fourth-order valence-electron chi connectivity index (χ4n) is 2.72. The maximum Gasteiger partial charge on any atom is 0.338 e. The SMILES string of the molecule is CCOC(=O)c1ccc(NC(=O)CN(c2ccc3c(c2)OCO3)S(C)(=O)=O)c(Cl)c1. The van der Waals surface area contributed by atoms with Gasteiger partial charge in [0.25, 0.3) is 0 Å². The van der Waals surface area contributed by atoms with Crippen molar-refractivity contribution >= 4 is 44.9 Å². The molecule has 0 bridgehead atoms. The molecule has 0 unspecified atom stereocenters. The van der Waals surface area contributed by atoms with Crippen molar-refractivity contribution in [3.63, 3.8) is 0 Å². The summed E-state index contributed by atoms with van der Waals surface area (Å²) >= 11 is 6.14. The number of fused-ring (bicyclic) bond motifs is 1. The molecule has 0 spiro atoms. The average Bonchev–Trinajstić information content (AvgIpc) is 3.14. The van der Waals surface area contributed by atoms with Crippen LogP contribution in [0.1, 0.15) is 17.3 Å². The van der Waals surface area contributed by atoms with Crippen LogP contribution in [-0.4, -0.2) is 46.5 Å². The van der Waals surface area contributed by atoms with Crippen LogP contribution in [0.25, 0.3) is 0 Å². The maximum absolute atomic E-state index is 12.5. The van der Waals surface area contributed by atoms with Gasteiger partial charge in [-0.1, -0.05) is 11.6 Å². The number of carbonyl (C=O) groups is 2. The molecule has 2 aromatic rings. The summed E-state index contributed by atoms with van der Waals surface area (Å²) in [6, 6.07) is 8.82. The highest BCUT2D eigenvalue weighted by Crippen LogP contribution is 2.36. The Labute approximate surface area is 178 Å². The Balaban J connectivity index is 1.76. The van der Waals surface area contributed by atoms with Gasteiger partial charge in [-0.15, -0.1) is 0 Å². The molecular weight excluding hydrogens is 436 g/mol. The van der Waals surface area contributed by atoms with Gasteiger partial charge in [-0.05, 0) is 37.3 Å². The van der Waals surface area contributed by atoms with E-state index in [1.54, 1.807) is 13.0 Å². The van der Waals surface area contributed by atoms with Gasteiger partial charge < -0.3 is 19.5 Å². The molecule has 3 rings (SSSR count). The quantitative estimate of drug-likeness (QED) is 0.640. The summed E-state index contributed by atoms with van der Waals surface area (Å²) in [4.78, 5) is 24.3. The molecule has 0 saturated carbocycles. The summed E-state index contributed by atoms with van der Waals surface area (Å²) in [5, 5.41) is 2.66. The van der Waals surface area contributed by atoms with E-state index >= 15 is 0 Å². The molecule has 1 heterocycles. The Bertz CT molecular complexity index is 1090. The van der Waals surface area contributed by atoms with Gasteiger partial charge in [0.15, 0.2) is 11.5 Å². The molecule has 0 fully saturated rings. The number of hydrogen-bond acceptors (Lipinski definition) is 7. The molecule has 1 aliphatic heterocycles. The van der Waals surface area contributed by atoms with E-state index < -0.39 is 28.4 Å². The molecular formula is C19H19ClN2O7S. The molecule has 30 heavy (non-hydrogen) atoms. The van der Waals surface area contributed by atoms with Crippen molar-refractivity contribution in [3.8, 4) is 11.5 Å². The van der Waals surface area contributed by atoms with E-state index in [2.05, 4.69) is 5.32 Å². The number of esters is 1. The first kappa shape index (κ1) is 21.7. The second-order valence-corrected chi connectivity index (χ2v) is 8.58. The minimum Gasteiger partial charge on any atom is -0.462 e. The zero-order valence-electron chi connectivity index (χ0n) is 16.2. The minimum absolute atomic E-state index is 0.0401. The molecule has 160 valence electrons. The largest absolute Gasteiger partial charge is 0.462 e. The van der Waals surface area contributed by atoms with Crippen molar-refractivity contribution in [1.29, 1.82) is 0 Å². The van der Waals surface area contributed by atoms with Crippen molar-refractivity contribution in [2.75, 3.05) is 35.8 Å². The predicted octanol–water partition coefficient (Wildman–Crippen LogP) is 2.65. The minimum atomic E-state index is -3.78. The Kier molecular flexibility index (Phi) is 6.37. The van der Waals surface area contributed by atoms with Crippen LogP contribution in [0.4, 0.5) is 11.4 Å². The van der Waals surface area contributed by atoms with Gasteiger partial charge in [0.1, 0.15) is 6.54 Å². The molecule has 0 aliphatic carbocycles. The number of nitrogens with zero attached hydrogens (tertiary/aromatic N) is 1. The van der Waals surface area contributed by atoms with Gasteiger partial charge in [0.2, 0.25) is 22.7 Å². The third-order valence-electron chi connectivity index (χ3n) is 4.09.